The number of para-hydroxylation sites is 1. The molecule has 0 aliphatic heterocycles. The van der Waals surface area contributed by atoms with Crippen molar-refractivity contribution in [2.45, 2.75) is 12.4 Å². The minimum Gasteiger partial charge on any atom is -0.507 e. The van der Waals surface area contributed by atoms with Gasteiger partial charge in [0.2, 0.25) is 11.5 Å². The van der Waals surface area contributed by atoms with Gasteiger partial charge in [0.05, 0.1) is 0 Å². The van der Waals surface area contributed by atoms with Crippen molar-refractivity contribution in [1.29, 1.82) is 0 Å². The molecular formula is C30H22O13. The van der Waals surface area contributed by atoms with Crippen LogP contribution in [-0.2, 0) is 4.74 Å². The quantitative estimate of drug-likeness (QED) is 0.163. The van der Waals surface area contributed by atoms with Crippen LogP contribution in [0, 0.1) is 0 Å². The molecule has 43 heavy (non-hydrogen) atoms. The number of aromatic hydroxyl groups is 1. The number of aliphatic hydroxyl groups is 1. The van der Waals surface area contributed by atoms with Gasteiger partial charge < -0.3 is 43.5 Å². The van der Waals surface area contributed by atoms with Crippen LogP contribution in [-0.4, -0.2) is 51.7 Å². The van der Waals surface area contributed by atoms with Crippen molar-refractivity contribution in [1.82, 2.24) is 0 Å². The fraction of sp³-hybridized carbons (Fsp3) is 0.133. The molecule has 0 fully saturated rings. The molecule has 2 heterocycles. The Morgan fingerprint density at radius 3 is 1.67 bits per heavy atom. The van der Waals surface area contributed by atoms with Crippen LogP contribution in [0.15, 0.2) is 91.2 Å². The summed E-state index contributed by atoms with van der Waals surface area (Å²) >= 11 is 0. The molecule has 0 saturated carbocycles. The number of carboxylic acid groups (broad SMARTS) is 2. The highest BCUT2D eigenvalue weighted by atomic mass is 16.6. The summed E-state index contributed by atoms with van der Waals surface area (Å²) in [5, 5.41) is 39.2. The number of phenols is 1. The Bertz CT molecular complexity index is 1840. The molecule has 2 aromatic heterocycles. The third-order valence-electron chi connectivity index (χ3n) is 6.23. The summed E-state index contributed by atoms with van der Waals surface area (Å²) in [6.07, 6.45) is -2.75. The second-order valence-corrected chi connectivity index (χ2v) is 9.11. The van der Waals surface area contributed by atoms with Crippen molar-refractivity contribution in [3.63, 3.8) is 0 Å². The third-order valence-corrected chi connectivity index (χ3v) is 6.23. The van der Waals surface area contributed by atoms with Crippen molar-refractivity contribution < 1.29 is 53.1 Å². The standard InChI is InChI=1S/C30H22O13/c31-17-6-2-1-5-16(17)30(38)41-15(13-39-20-7-3-9-22-26(20)18(32)11-24(42-22)28(34)35)14-40-21-8-4-10-23-27(21)19(33)12-25(43-23)29(36)37/h1-12,15,30-31,38H,13-14H2,(H,34,35)(H,36,37). The lowest BCUT2D eigenvalue weighted by Gasteiger charge is -2.23. The normalized spacial score (nSPS) is 12.0. The van der Waals surface area contributed by atoms with Crippen LogP contribution in [0.1, 0.15) is 33.0 Å². The number of aliphatic hydroxyl groups excluding tert-OH is 1. The van der Waals surface area contributed by atoms with Crippen molar-refractivity contribution >= 4 is 33.9 Å². The molecular weight excluding hydrogens is 568 g/mol. The molecule has 0 bridgehead atoms. The molecule has 4 N–H and O–H groups in total. The Morgan fingerprint density at radius 1 is 0.721 bits per heavy atom. The van der Waals surface area contributed by atoms with E-state index in [0.29, 0.717) is 0 Å². The van der Waals surface area contributed by atoms with E-state index in [4.69, 9.17) is 23.0 Å². The lowest BCUT2D eigenvalue weighted by molar-refractivity contribution is -0.157. The van der Waals surface area contributed by atoms with E-state index in [2.05, 4.69) is 0 Å². The van der Waals surface area contributed by atoms with Gasteiger partial charge in [-0.15, -0.1) is 0 Å². The van der Waals surface area contributed by atoms with E-state index in [0.717, 1.165) is 12.1 Å². The number of carbonyl (C=O) groups is 2. The molecule has 0 radical (unpaired) electrons. The van der Waals surface area contributed by atoms with Crippen LogP contribution in [0.3, 0.4) is 0 Å². The van der Waals surface area contributed by atoms with Gasteiger partial charge in [-0.2, -0.15) is 0 Å². The summed E-state index contributed by atoms with van der Waals surface area (Å²) < 4.78 is 28.0. The zero-order valence-corrected chi connectivity index (χ0v) is 22.0. The van der Waals surface area contributed by atoms with Gasteiger partial charge in [-0.1, -0.05) is 30.3 Å². The molecule has 0 saturated heterocycles. The zero-order valence-electron chi connectivity index (χ0n) is 22.0. The number of carboxylic acids is 2. The van der Waals surface area contributed by atoms with E-state index in [-0.39, 0.29) is 58.0 Å². The molecule has 220 valence electrons. The van der Waals surface area contributed by atoms with Gasteiger partial charge in [-0.25, -0.2) is 9.59 Å². The number of fused-ring (bicyclic) bond motifs is 2. The predicted octanol–water partition coefficient (Wildman–Crippen LogP) is 3.54. The van der Waals surface area contributed by atoms with E-state index in [1.165, 1.54) is 48.5 Å². The number of ether oxygens (including phenoxy) is 3. The van der Waals surface area contributed by atoms with Gasteiger partial charge in [-0.3, -0.25) is 9.59 Å². The van der Waals surface area contributed by atoms with Gasteiger partial charge in [0, 0.05) is 17.7 Å². The van der Waals surface area contributed by atoms with Crippen molar-refractivity contribution in [3.8, 4) is 17.2 Å². The van der Waals surface area contributed by atoms with Crippen LogP contribution in [0.25, 0.3) is 21.9 Å². The number of rotatable bonds is 11. The average Bonchev–Trinajstić information content (AvgIpc) is 2.98. The van der Waals surface area contributed by atoms with E-state index in [9.17, 15) is 39.6 Å². The van der Waals surface area contributed by atoms with Crippen molar-refractivity contribution in [3.05, 3.63) is 110 Å². The first-order valence-electron chi connectivity index (χ1n) is 12.6. The summed E-state index contributed by atoms with van der Waals surface area (Å²) in [5.74, 6) is -4.12. The molecule has 5 rings (SSSR count). The summed E-state index contributed by atoms with van der Waals surface area (Å²) in [6, 6.07) is 16.2. The molecule has 0 spiro atoms. The van der Waals surface area contributed by atoms with Crippen LogP contribution in [0.5, 0.6) is 17.2 Å². The first-order chi connectivity index (χ1) is 20.6. The molecule has 5 aromatic rings. The Morgan fingerprint density at radius 2 is 1.21 bits per heavy atom. The van der Waals surface area contributed by atoms with Crippen molar-refractivity contribution in [2.24, 2.45) is 0 Å². The molecule has 1 atom stereocenters. The maximum atomic E-state index is 12.7. The second kappa shape index (κ2) is 12.1. The maximum Gasteiger partial charge on any atom is 0.371 e. The first-order valence-corrected chi connectivity index (χ1v) is 12.6. The number of hydrogen-bond donors (Lipinski definition) is 4. The zero-order chi connectivity index (χ0) is 30.7. The minimum absolute atomic E-state index is 0.0286. The smallest absolute Gasteiger partial charge is 0.371 e. The molecule has 3 aromatic carbocycles. The third kappa shape index (κ3) is 6.17. The number of benzene rings is 3. The number of aromatic carboxylic acids is 2. The van der Waals surface area contributed by atoms with Gasteiger partial charge >= 0.3 is 11.9 Å². The van der Waals surface area contributed by atoms with Crippen LogP contribution in [0.2, 0.25) is 0 Å². The van der Waals surface area contributed by atoms with Crippen LogP contribution < -0.4 is 20.3 Å². The summed E-state index contributed by atoms with van der Waals surface area (Å²) in [6.45, 7) is -0.682. The van der Waals surface area contributed by atoms with Crippen LogP contribution >= 0.6 is 0 Å². The molecule has 13 nitrogen and oxygen atoms in total. The molecule has 0 aliphatic carbocycles. The molecule has 1 unspecified atom stereocenters. The van der Waals surface area contributed by atoms with Gasteiger partial charge in [0.1, 0.15) is 58.5 Å². The lowest BCUT2D eigenvalue weighted by Crippen LogP contribution is -2.30. The van der Waals surface area contributed by atoms with Gasteiger partial charge in [0.15, 0.2) is 17.1 Å². The van der Waals surface area contributed by atoms with Gasteiger partial charge in [0.25, 0.3) is 0 Å². The van der Waals surface area contributed by atoms with E-state index in [1.54, 1.807) is 12.1 Å². The average molecular weight is 590 g/mol. The maximum absolute atomic E-state index is 12.7. The minimum atomic E-state index is -1.65. The van der Waals surface area contributed by atoms with Gasteiger partial charge in [-0.05, 0) is 30.3 Å². The first kappa shape index (κ1) is 28.9. The Labute approximate surface area is 240 Å². The topological polar surface area (TPSA) is 203 Å². The van der Waals surface area contributed by atoms with E-state index < -0.39 is 46.7 Å². The fourth-order valence-corrected chi connectivity index (χ4v) is 4.25. The van der Waals surface area contributed by atoms with Crippen LogP contribution in [0.4, 0.5) is 0 Å². The Balaban J connectivity index is 1.44. The Kier molecular flexibility index (Phi) is 8.09. The van der Waals surface area contributed by atoms with E-state index >= 15 is 0 Å². The number of hydrogen-bond acceptors (Lipinski definition) is 11. The molecule has 0 aliphatic rings. The highest BCUT2D eigenvalue weighted by Gasteiger charge is 2.23. The highest BCUT2D eigenvalue weighted by Crippen LogP contribution is 2.28. The predicted molar refractivity (Wildman–Crippen MR) is 148 cm³/mol. The number of phenolic OH excluding ortho intramolecular Hbond substituents is 1. The summed E-state index contributed by atoms with van der Waals surface area (Å²) in [4.78, 5) is 48.0. The molecule has 0 amide bonds. The highest BCUT2D eigenvalue weighted by molar-refractivity contribution is 5.90. The fourth-order valence-electron chi connectivity index (χ4n) is 4.25. The van der Waals surface area contributed by atoms with Crippen molar-refractivity contribution in [2.75, 3.05) is 13.2 Å². The Hall–Kier alpha value is -5.66. The summed E-state index contributed by atoms with van der Waals surface area (Å²) in [5.41, 5.74) is -1.35. The lowest BCUT2D eigenvalue weighted by atomic mass is 10.2. The SMILES string of the molecule is O=C(O)c1cc(=O)c2c(OCC(COc3cccc4oc(C(=O)O)cc(=O)c34)OC(O)c3ccccc3O)cccc2o1. The monoisotopic (exact) mass is 590 g/mol. The summed E-state index contributed by atoms with van der Waals surface area (Å²) in [7, 11) is 0. The largest absolute Gasteiger partial charge is 0.507 e. The van der Waals surface area contributed by atoms with E-state index in [1.807, 2.05) is 0 Å². The second-order valence-electron chi connectivity index (χ2n) is 9.11. The molecule has 13 heteroatoms.